The van der Waals surface area contributed by atoms with E-state index in [1.54, 1.807) is 0 Å². The average Bonchev–Trinajstić information content (AvgIpc) is 2.65. The number of nitrogens with zero attached hydrogens (tertiary/aromatic N) is 2. The van der Waals surface area contributed by atoms with E-state index >= 15 is 0 Å². The quantitative estimate of drug-likeness (QED) is 0.627. The van der Waals surface area contributed by atoms with Gasteiger partial charge in [-0.3, -0.25) is 4.79 Å². The average molecular weight is 417 g/mol. The van der Waals surface area contributed by atoms with Crippen LogP contribution in [0, 0.1) is 5.92 Å². The molecule has 0 heterocycles. The predicted molar refractivity (Wildman–Crippen MR) is 125 cm³/mol. The summed E-state index contributed by atoms with van der Waals surface area (Å²) in [5.74, 6) is 0.335. The van der Waals surface area contributed by atoms with Crippen LogP contribution < -0.4 is 15.5 Å². The summed E-state index contributed by atoms with van der Waals surface area (Å²) in [4.78, 5) is 29.4. The van der Waals surface area contributed by atoms with Crippen LogP contribution in [0.3, 0.4) is 0 Å². The smallest absolute Gasteiger partial charge is 0.318 e. The first kappa shape index (κ1) is 24.0. The van der Waals surface area contributed by atoms with Gasteiger partial charge < -0.3 is 20.4 Å². The third kappa shape index (κ3) is 7.22. The van der Waals surface area contributed by atoms with Crippen molar-refractivity contribution in [2.75, 3.05) is 24.3 Å². The standard InChI is InChI=1S/C24H40N4O2/c1-17(2)14-23(29)26-20-12-13-22(27(5)6)19(15-20)16-28(24(30)25-18(3)4)21-10-8-7-9-11-21/h12-13,15,17-18,21H,7-11,14,16H2,1-6H3,(H,25,30)(H,26,29). The van der Waals surface area contributed by atoms with Crippen molar-refractivity contribution in [1.29, 1.82) is 0 Å². The lowest BCUT2D eigenvalue weighted by atomic mass is 9.94. The van der Waals surface area contributed by atoms with Gasteiger partial charge in [-0.1, -0.05) is 33.1 Å². The highest BCUT2D eigenvalue weighted by atomic mass is 16.2. The summed E-state index contributed by atoms with van der Waals surface area (Å²) in [5.41, 5.74) is 2.90. The van der Waals surface area contributed by atoms with Crippen molar-refractivity contribution in [3.05, 3.63) is 23.8 Å². The normalized spacial score (nSPS) is 14.7. The van der Waals surface area contributed by atoms with Gasteiger partial charge in [0.05, 0.1) is 0 Å². The summed E-state index contributed by atoms with van der Waals surface area (Å²) in [6.45, 7) is 8.59. The molecule has 0 atom stereocenters. The van der Waals surface area contributed by atoms with Crippen LogP contribution in [0.1, 0.15) is 71.8 Å². The Bertz CT molecular complexity index is 709. The van der Waals surface area contributed by atoms with Gasteiger partial charge in [0.15, 0.2) is 0 Å². The van der Waals surface area contributed by atoms with Crippen molar-refractivity contribution in [3.8, 4) is 0 Å². The van der Waals surface area contributed by atoms with Gasteiger partial charge in [0.1, 0.15) is 0 Å². The molecule has 0 spiro atoms. The van der Waals surface area contributed by atoms with Crippen LogP contribution in [0.15, 0.2) is 18.2 Å². The van der Waals surface area contributed by atoms with Gasteiger partial charge in [-0.2, -0.15) is 0 Å². The van der Waals surface area contributed by atoms with E-state index in [9.17, 15) is 9.59 Å². The van der Waals surface area contributed by atoms with Gasteiger partial charge in [0.2, 0.25) is 5.91 Å². The molecule has 0 bridgehead atoms. The van der Waals surface area contributed by atoms with Gasteiger partial charge in [-0.05, 0) is 56.4 Å². The van der Waals surface area contributed by atoms with Crippen LogP contribution in [0.5, 0.6) is 0 Å². The minimum absolute atomic E-state index is 0.00384. The van der Waals surface area contributed by atoms with E-state index < -0.39 is 0 Å². The molecule has 1 aliphatic rings. The fourth-order valence-corrected chi connectivity index (χ4v) is 4.08. The number of carbonyl (C=O) groups is 2. The third-order valence-electron chi connectivity index (χ3n) is 5.47. The first-order valence-corrected chi connectivity index (χ1v) is 11.3. The van der Waals surface area contributed by atoms with Crippen LogP contribution in [0.2, 0.25) is 0 Å². The second-order valence-electron chi connectivity index (χ2n) is 9.41. The lowest BCUT2D eigenvalue weighted by molar-refractivity contribution is -0.116. The van der Waals surface area contributed by atoms with Gasteiger partial charge in [0.25, 0.3) is 0 Å². The van der Waals surface area contributed by atoms with Crippen molar-refractivity contribution in [2.45, 2.75) is 84.8 Å². The molecule has 0 radical (unpaired) electrons. The van der Waals surface area contributed by atoms with Crippen molar-refractivity contribution in [2.24, 2.45) is 5.92 Å². The minimum atomic E-state index is -0.00384. The lowest BCUT2D eigenvalue weighted by Gasteiger charge is -2.36. The van der Waals surface area contributed by atoms with E-state index in [-0.39, 0.29) is 24.0 Å². The van der Waals surface area contributed by atoms with E-state index in [1.165, 1.54) is 19.3 Å². The number of hydrogen-bond acceptors (Lipinski definition) is 3. The molecule has 0 aromatic heterocycles. The van der Waals surface area contributed by atoms with Crippen LogP contribution >= 0.6 is 0 Å². The Morgan fingerprint density at radius 1 is 1.07 bits per heavy atom. The summed E-state index contributed by atoms with van der Waals surface area (Å²) in [7, 11) is 4.02. The predicted octanol–water partition coefficient (Wildman–Crippen LogP) is 4.99. The highest BCUT2D eigenvalue weighted by Crippen LogP contribution is 2.29. The fraction of sp³-hybridized carbons (Fsp3) is 0.667. The molecule has 1 aliphatic carbocycles. The molecule has 1 fully saturated rings. The minimum Gasteiger partial charge on any atom is -0.377 e. The Kier molecular flexibility index (Phi) is 9.00. The van der Waals surface area contributed by atoms with E-state index in [1.807, 2.05) is 64.9 Å². The Labute approximate surface area is 182 Å². The molecular formula is C24H40N4O2. The monoisotopic (exact) mass is 416 g/mol. The summed E-state index contributed by atoms with van der Waals surface area (Å²) in [6, 6.07) is 6.34. The molecule has 0 aliphatic heterocycles. The number of anilines is 2. The number of nitrogens with one attached hydrogen (secondary N) is 2. The van der Waals surface area contributed by atoms with Gasteiger partial charge >= 0.3 is 6.03 Å². The molecule has 0 saturated heterocycles. The molecule has 168 valence electrons. The largest absolute Gasteiger partial charge is 0.377 e. The van der Waals surface area contributed by atoms with Crippen molar-refractivity contribution in [3.63, 3.8) is 0 Å². The molecule has 2 N–H and O–H groups in total. The maximum absolute atomic E-state index is 13.1. The number of hydrogen-bond donors (Lipinski definition) is 2. The number of amides is 3. The molecule has 1 saturated carbocycles. The van der Waals surface area contributed by atoms with Crippen LogP contribution in [-0.2, 0) is 11.3 Å². The van der Waals surface area contributed by atoms with Crippen LogP contribution in [-0.4, -0.2) is 43.0 Å². The zero-order valence-electron chi connectivity index (χ0n) is 19.6. The van der Waals surface area contributed by atoms with Crippen LogP contribution in [0.25, 0.3) is 0 Å². The van der Waals surface area contributed by atoms with Crippen molar-refractivity contribution >= 4 is 23.3 Å². The van der Waals surface area contributed by atoms with Crippen molar-refractivity contribution < 1.29 is 9.59 Å². The second kappa shape index (κ2) is 11.2. The topological polar surface area (TPSA) is 64.7 Å². The lowest BCUT2D eigenvalue weighted by Crippen LogP contribution is -2.48. The highest BCUT2D eigenvalue weighted by molar-refractivity contribution is 5.91. The molecule has 6 heteroatoms. The first-order chi connectivity index (χ1) is 14.2. The molecule has 1 aromatic carbocycles. The van der Waals surface area contributed by atoms with Gasteiger partial charge in [-0.15, -0.1) is 0 Å². The zero-order valence-corrected chi connectivity index (χ0v) is 19.6. The van der Waals surface area contributed by atoms with E-state index in [2.05, 4.69) is 15.5 Å². The fourth-order valence-electron chi connectivity index (χ4n) is 4.08. The van der Waals surface area contributed by atoms with Crippen LogP contribution in [0.4, 0.5) is 16.2 Å². The Balaban J connectivity index is 2.29. The maximum atomic E-state index is 13.1. The summed E-state index contributed by atoms with van der Waals surface area (Å²) in [6.07, 6.45) is 6.18. The third-order valence-corrected chi connectivity index (χ3v) is 5.47. The highest BCUT2D eigenvalue weighted by Gasteiger charge is 2.27. The number of urea groups is 1. The second-order valence-corrected chi connectivity index (χ2v) is 9.41. The molecule has 3 amide bonds. The molecular weight excluding hydrogens is 376 g/mol. The number of carbonyl (C=O) groups excluding carboxylic acids is 2. The zero-order chi connectivity index (χ0) is 22.3. The Hall–Kier alpha value is -2.24. The SMILES string of the molecule is CC(C)CC(=O)Nc1ccc(N(C)C)c(CN(C(=O)NC(C)C)C2CCCCC2)c1. The maximum Gasteiger partial charge on any atom is 0.318 e. The summed E-state index contributed by atoms with van der Waals surface area (Å²) >= 11 is 0. The van der Waals surface area contributed by atoms with Crippen molar-refractivity contribution in [1.82, 2.24) is 10.2 Å². The van der Waals surface area contributed by atoms with E-state index in [0.29, 0.717) is 18.9 Å². The Morgan fingerprint density at radius 3 is 2.30 bits per heavy atom. The molecule has 1 aromatic rings. The summed E-state index contributed by atoms with van der Waals surface area (Å²) < 4.78 is 0. The Morgan fingerprint density at radius 2 is 1.73 bits per heavy atom. The number of benzene rings is 1. The van der Waals surface area contributed by atoms with Gasteiger partial charge in [-0.25, -0.2) is 4.79 Å². The van der Waals surface area contributed by atoms with E-state index in [0.717, 1.165) is 29.8 Å². The molecule has 30 heavy (non-hydrogen) atoms. The molecule has 2 rings (SSSR count). The molecule has 0 unspecified atom stereocenters. The van der Waals surface area contributed by atoms with E-state index in [4.69, 9.17) is 0 Å². The summed E-state index contributed by atoms with van der Waals surface area (Å²) in [5, 5.41) is 6.10. The number of rotatable bonds is 8. The molecule has 6 nitrogen and oxygen atoms in total. The first-order valence-electron chi connectivity index (χ1n) is 11.3. The van der Waals surface area contributed by atoms with Gasteiger partial charge in [0, 0.05) is 50.5 Å².